The lowest BCUT2D eigenvalue weighted by Crippen LogP contribution is -2.23. The molecule has 1 rings (SSSR count). The molecule has 100 valence electrons. The first-order chi connectivity index (χ1) is 8.60. The molecule has 0 aliphatic carbocycles. The summed E-state index contributed by atoms with van der Waals surface area (Å²) < 4.78 is 31.3. The molecule has 4 nitrogen and oxygen atoms in total. The molecule has 1 aromatic carbocycles. The fraction of sp³-hybridized carbons (Fsp3) is 0.385. The fourth-order valence-corrected chi connectivity index (χ4v) is 2.34. The Morgan fingerprint density at radius 3 is 2.44 bits per heavy atom. The van der Waals surface area contributed by atoms with Gasteiger partial charge in [0.2, 0.25) is 10.0 Å². The van der Waals surface area contributed by atoms with Crippen molar-refractivity contribution in [3.63, 3.8) is 0 Å². The Balaban J connectivity index is 2.62. The number of methoxy groups -OCH3 is 1. The molecule has 0 atom stereocenters. The Hall–Kier alpha value is -1.33. The zero-order valence-corrected chi connectivity index (χ0v) is 11.5. The first kappa shape index (κ1) is 14.7. The maximum Gasteiger partial charge on any atom is 0.240 e. The summed E-state index contributed by atoms with van der Waals surface area (Å²) in [7, 11) is -1.89. The highest BCUT2D eigenvalue weighted by atomic mass is 32.2. The normalized spacial score (nSPS) is 11.9. The Bertz CT molecular complexity index is 477. The molecule has 0 aliphatic rings. The first-order valence-electron chi connectivity index (χ1n) is 5.89. The van der Waals surface area contributed by atoms with Crippen molar-refractivity contribution in [2.75, 3.05) is 13.7 Å². The third-order valence-corrected chi connectivity index (χ3v) is 3.82. The number of sulfonamides is 1. The predicted octanol–water partition coefficient (Wildman–Crippen LogP) is 2.33. The van der Waals surface area contributed by atoms with E-state index in [1.165, 1.54) is 12.1 Å². The van der Waals surface area contributed by atoms with Gasteiger partial charge >= 0.3 is 0 Å². The zero-order valence-electron chi connectivity index (χ0n) is 10.7. The lowest BCUT2D eigenvalue weighted by atomic mass is 10.3. The third-order valence-electron chi connectivity index (χ3n) is 2.38. The van der Waals surface area contributed by atoms with Gasteiger partial charge in [0.25, 0.3) is 0 Å². The number of ether oxygens (including phenoxy) is 1. The summed E-state index contributed by atoms with van der Waals surface area (Å²) in [6, 6.07) is 6.30. The van der Waals surface area contributed by atoms with Crippen molar-refractivity contribution >= 4 is 10.0 Å². The second-order valence-electron chi connectivity index (χ2n) is 3.79. The van der Waals surface area contributed by atoms with Crippen LogP contribution in [-0.2, 0) is 10.0 Å². The van der Waals surface area contributed by atoms with Crippen LogP contribution in [0.15, 0.2) is 41.3 Å². The maximum absolute atomic E-state index is 11.9. The quantitative estimate of drug-likeness (QED) is 0.773. The third kappa shape index (κ3) is 4.50. The Morgan fingerprint density at radius 1 is 1.22 bits per heavy atom. The van der Waals surface area contributed by atoms with Crippen LogP contribution in [0.3, 0.4) is 0 Å². The SMILES string of the molecule is CCC/C=C\CNS(=O)(=O)c1ccc(OC)cc1. The van der Waals surface area contributed by atoms with Crippen LogP contribution >= 0.6 is 0 Å². The number of nitrogens with one attached hydrogen (secondary N) is 1. The van der Waals surface area contributed by atoms with Gasteiger partial charge in [-0.1, -0.05) is 25.5 Å². The number of hydrogen-bond acceptors (Lipinski definition) is 3. The maximum atomic E-state index is 11.9. The molecule has 0 fully saturated rings. The molecule has 0 heterocycles. The average molecular weight is 269 g/mol. The zero-order chi connectivity index (χ0) is 13.4. The minimum Gasteiger partial charge on any atom is -0.497 e. The van der Waals surface area contributed by atoms with Crippen molar-refractivity contribution in [1.29, 1.82) is 0 Å². The molecular weight excluding hydrogens is 250 g/mol. The molecule has 1 N–H and O–H groups in total. The van der Waals surface area contributed by atoms with Gasteiger partial charge < -0.3 is 4.74 Å². The highest BCUT2D eigenvalue weighted by Crippen LogP contribution is 2.14. The minimum atomic E-state index is -3.43. The van der Waals surface area contributed by atoms with E-state index in [4.69, 9.17) is 4.74 Å². The fourth-order valence-electron chi connectivity index (χ4n) is 1.36. The molecule has 0 saturated carbocycles. The van der Waals surface area contributed by atoms with E-state index < -0.39 is 10.0 Å². The largest absolute Gasteiger partial charge is 0.497 e. The van der Waals surface area contributed by atoms with Gasteiger partial charge in [-0.15, -0.1) is 0 Å². The summed E-state index contributed by atoms with van der Waals surface area (Å²) in [4.78, 5) is 0.243. The van der Waals surface area contributed by atoms with Crippen LogP contribution in [-0.4, -0.2) is 22.1 Å². The predicted molar refractivity (Wildman–Crippen MR) is 72.2 cm³/mol. The van der Waals surface area contributed by atoms with Gasteiger partial charge in [-0.2, -0.15) is 0 Å². The molecule has 0 amide bonds. The smallest absolute Gasteiger partial charge is 0.240 e. The number of allylic oxidation sites excluding steroid dienone is 1. The topological polar surface area (TPSA) is 55.4 Å². The van der Waals surface area contributed by atoms with Gasteiger partial charge in [0.15, 0.2) is 0 Å². The van der Waals surface area contributed by atoms with Gasteiger partial charge in [-0.3, -0.25) is 0 Å². The van der Waals surface area contributed by atoms with Gasteiger partial charge in [0.05, 0.1) is 12.0 Å². The van der Waals surface area contributed by atoms with E-state index in [1.54, 1.807) is 19.2 Å². The van der Waals surface area contributed by atoms with Crippen LogP contribution in [0.1, 0.15) is 19.8 Å². The van der Waals surface area contributed by atoms with E-state index in [1.807, 2.05) is 12.2 Å². The van der Waals surface area contributed by atoms with Gasteiger partial charge in [-0.25, -0.2) is 13.1 Å². The Labute approximate surface area is 109 Å². The molecule has 0 bridgehead atoms. The number of unbranched alkanes of at least 4 members (excludes halogenated alkanes) is 1. The molecular formula is C13H19NO3S. The van der Waals surface area contributed by atoms with Gasteiger partial charge in [0, 0.05) is 6.54 Å². The van der Waals surface area contributed by atoms with Crippen molar-refractivity contribution in [3.05, 3.63) is 36.4 Å². The van der Waals surface area contributed by atoms with E-state index in [9.17, 15) is 8.42 Å². The van der Waals surface area contributed by atoms with E-state index in [0.29, 0.717) is 12.3 Å². The van der Waals surface area contributed by atoms with Crippen LogP contribution < -0.4 is 9.46 Å². The van der Waals surface area contributed by atoms with E-state index in [2.05, 4.69) is 11.6 Å². The van der Waals surface area contributed by atoms with Gasteiger partial charge in [0.1, 0.15) is 5.75 Å². The minimum absolute atomic E-state index is 0.243. The summed E-state index contributed by atoms with van der Waals surface area (Å²) in [5.74, 6) is 0.636. The van der Waals surface area contributed by atoms with Gasteiger partial charge in [-0.05, 0) is 30.7 Å². The molecule has 0 saturated heterocycles. The summed E-state index contributed by atoms with van der Waals surface area (Å²) >= 11 is 0. The molecule has 0 aromatic heterocycles. The number of hydrogen-bond donors (Lipinski definition) is 1. The van der Waals surface area contributed by atoms with Crippen LogP contribution in [0.2, 0.25) is 0 Å². The van der Waals surface area contributed by atoms with Crippen LogP contribution in [0, 0.1) is 0 Å². The second-order valence-corrected chi connectivity index (χ2v) is 5.55. The molecule has 0 radical (unpaired) electrons. The molecule has 18 heavy (non-hydrogen) atoms. The Morgan fingerprint density at radius 2 is 1.89 bits per heavy atom. The lowest BCUT2D eigenvalue weighted by Gasteiger charge is -2.05. The van der Waals surface area contributed by atoms with Crippen molar-refractivity contribution in [1.82, 2.24) is 4.72 Å². The molecule has 0 spiro atoms. The van der Waals surface area contributed by atoms with Crippen molar-refractivity contribution in [3.8, 4) is 5.75 Å². The highest BCUT2D eigenvalue weighted by molar-refractivity contribution is 7.89. The molecule has 5 heteroatoms. The number of benzene rings is 1. The van der Waals surface area contributed by atoms with Crippen molar-refractivity contribution in [2.24, 2.45) is 0 Å². The van der Waals surface area contributed by atoms with Crippen LogP contribution in [0.4, 0.5) is 0 Å². The standard InChI is InChI=1S/C13H19NO3S/c1-3-4-5-6-11-14-18(15,16)13-9-7-12(17-2)8-10-13/h5-10,14H,3-4,11H2,1-2H3/b6-5-. The highest BCUT2D eigenvalue weighted by Gasteiger charge is 2.12. The molecule has 1 aromatic rings. The monoisotopic (exact) mass is 269 g/mol. The van der Waals surface area contributed by atoms with Crippen molar-refractivity contribution < 1.29 is 13.2 Å². The van der Waals surface area contributed by atoms with E-state index in [-0.39, 0.29) is 4.90 Å². The summed E-state index contributed by atoms with van der Waals surface area (Å²) in [6.45, 7) is 2.39. The average Bonchev–Trinajstić information content (AvgIpc) is 2.38. The van der Waals surface area contributed by atoms with Crippen LogP contribution in [0.5, 0.6) is 5.75 Å². The molecule has 0 aliphatic heterocycles. The van der Waals surface area contributed by atoms with Crippen molar-refractivity contribution in [2.45, 2.75) is 24.7 Å². The summed E-state index contributed by atoms with van der Waals surface area (Å²) in [6.07, 6.45) is 5.81. The first-order valence-corrected chi connectivity index (χ1v) is 7.37. The van der Waals surface area contributed by atoms with Crippen LogP contribution in [0.25, 0.3) is 0 Å². The Kier molecular flexibility index (Phi) is 5.88. The molecule has 0 unspecified atom stereocenters. The number of rotatable bonds is 7. The second kappa shape index (κ2) is 7.18. The summed E-state index contributed by atoms with van der Waals surface area (Å²) in [5, 5.41) is 0. The van der Waals surface area contributed by atoms with E-state index in [0.717, 1.165) is 12.8 Å². The van der Waals surface area contributed by atoms with E-state index >= 15 is 0 Å². The lowest BCUT2D eigenvalue weighted by molar-refractivity contribution is 0.414. The summed E-state index contributed by atoms with van der Waals surface area (Å²) in [5.41, 5.74) is 0.